The summed E-state index contributed by atoms with van der Waals surface area (Å²) in [6.45, 7) is 1.48. The Morgan fingerprint density at radius 3 is 2.47 bits per heavy atom. The molecule has 0 unspecified atom stereocenters. The molecule has 0 radical (unpaired) electrons. The Kier molecular flexibility index (Phi) is 5.08. The van der Waals surface area contributed by atoms with Gasteiger partial charge in [-0.3, -0.25) is 14.9 Å². The van der Waals surface area contributed by atoms with E-state index in [0.29, 0.717) is 16.7 Å². The number of carbonyl (C=O) groups is 1. The number of nitrogens with zero attached hydrogens (tertiary/aromatic N) is 4. The summed E-state index contributed by atoms with van der Waals surface area (Å²) < 4.78 is 5.34. The van der Waals surface area contributed by atoms with Crippen LogP contribution in [0.25, 0.3) is 16.7 Å². The van der Waals surface area contributed by atoms with Gasteiger partial charge in [0.2, 0.25) is 0 Å². The number of aryl methyl sites for hydroxylation is 1. The lowest BCUT2D eigenvalue weighted by Crippen LogP contribution is -2.21. The molecule has 0 saturated carbocycles. The van der Waals surface area contributed by atoms with E-state index in [1.165, 1.54) is 23.0 Å². The van der Waals surface area contributed by atoms with E-state index in [1.54, 1.807) is 12.1 Å². The van der Waals surface area contributed by atoms with Gasteiger partial charge in [-0.25, -0.2) is 0 Å². The highest BCUT2D eigenvalue weighted by Gasteiger charge is 2.16. The van der Waals surface area contributed by atoms with Crippen LogP contribution in [0.15, 0.2) is 66.7 Å². The maximum atomic E-state index is 12.3. The number of amides is 1. The largest absolute Gasteiger partial charge is 0.477 e. The van der Waals surface area contributed by atoms with Crippen LogP contribution in [0.3, 0.4) is 0 Å². The van der Waals surface area contributed by atoms with Crippen LogP contribution in [0, 0.1) is 17.0 Å². The van der Waals surface area contributed by atoms with Crippen molar-refractivity contribution in [2.24, 2.45) is 0 Å². The zero-order valence-corrected chi connectivity index (χ0v) is 16.0. The molecular weight excluding hydrogens is 386 g/mol. The highest BCUT2D eigenvalue weighted by Crippen LogP contribution is 2.26. The molecule has 1 aromatic heterocycles. The van der Waals surface area contributed by atoms with E-state index in [9.17, 15) is 14.9 Å². The molecule has 30 heavy (non-hydrogen) atoms. The molecule has 9 nitrogen and oxygen atoms in total. The summed E-state index contributed by atoms with van der Waals surface area (Å²) in [5.74, 6) is -0.401. The second-order valence-electron chi connectivity index (χ2n) is 6.54. The van der Waals surface area contributed by atoms with Crippen LogP contribution in [0.5, 0.6) is 5.75 Å². The number of carbonyl (C=O) groups excluding carboxylic acids is 1. The van der Waals surface area contributed by atoms with Crippen molar-refractivity contribution < 1.29 is 14.5 Å². The van der Waals surface area contributed by atoms with Crippen LogP contribution >= 0.6 is 0 Å². The van der Waals surface area contributed by atoms with Gasteiger partial charge in [-0.1, -0.05) is 30.3 Å². The highest BCUT2D eigenvalue weighted by molar-refractivity contribution is 5.95. The molecule has 0 aliphatic rings. The summed E-state index contributed by atoms with van der Waals surface area (Å²) in [6, 6.07) is 19.0. The van der Waals surface area contributed by atoms with Gasteiger partial charge in [0.25, 0.3) is 5.91 Å². The van der Waals surface area contributed by atoms with Gasteiger partial charge in [0.1, 0.15) is 11.0 Å². The summed E-state index contributed by atoms with van der Waals surface area (Å²) in [5, 5.41) is 22.7. The Bertz CT molecular complexity index is 1240. The lowest BCUT2D eigenvalue weighted by atomic mass is 10.1. The third kappa shape index (κ3) is 3.95. The molecule has 1 heterocycles. The molecule has 3 aromatic carbocycles. The third-order valence-electron chi connectivity index (χ3n) is 4.41. The van der Waals surface area contributed by atoms with E-state index < -0.39 is 10.8 Å². The number of hydrogen-bond acceptors (Lipinski definition) is 6. The molecule has 0 aliphatic heterocycles. The second kappa shape index (κ2) is 8.00. The third-order valence-corrected chi connectivity index (χ3v) is 4.41. The molecule has 150 valence electrons. The standard InChI is InChI=1S/C21H17N5O4/c1-14-11-17-18(24-25(23-17)15-7-3-2-4-8-15)12-16(14)22-21(27)13-30-20-10-6-5-9-19(20)26(28)29/h2-12H,13H2,1H3,(H,22,27). The minimum Gasteiger partial charge on any atom is -0.477 e. The topological polar surface area (TPSA) is 112 Å². The Labute approximate surface area is 171 Å². The van der Waals surface area contributed by atoms with Gasteiger partial charge in [-0.15, -0.1) is 10.2 Å². The first-order valence-corrected chi connectivity index (χ1v) is 9.10. The molecule has 0 aliphatic carbocycles. The number of hydrogen-bond donors (Lipinski definition) is 1. The van der Waals surface area contributed by atoms with Crippen molar-refractivity contribution in [3.05, 3.63) is 82.4 Å². The SMILES string of the molecule is Cc1cc2nn(-c3ccccc3)nc2cc1NC(=O)COc1ccccc1[N+](=O)[O-]. The Morgan fingerprint density at radius 2 is 1.73 bits per heavy atom. The average Bonchev–Trinajstić information content (AvgIpc) is 3.16. The summed E-state index contributed by atoms with van der Waals surface area (Å²) in [5.41, 5.74) is 3.33. The lowest BCUT2D eigenvalue weighted by Gasteiger charge is -2.09. The second-order valence-corrected chi connectivity index (χ2v) is 6.54. The van der Waals surface area contributed by atoms with Crippen LogP contribution in [0.1, 0.15) is 5.56 Å². The number of benzene rings is 3. The van der Waals surface area contributed by atoms with E-state index >= 15 is 0 Å². The zero-order valence-electron chi connectivity index (χ0n) is 16.0. The smallest absolute Gasteiger partial charge is 0.310 e. The number of para-hydroxylation sites is 3. The molecule has 0 bridgehead atoms. The number of rotatable bonds is 6. The highest BCUT2D eigenvalue weighted by atomic mass is 16.6. The first-order chi connectivity index (χ1) is 14.5. The first kappa shape index (κ1) is 19.1. The molecule has 0 saturated heterocycles. The number of nitrogens with one attached hydrogen (secondary N) is 1. The molecule has 0 fully saturated rings. The molecule has 4 rings (SSSR count). The molecule has 0 atom stereocenters. The van der Waals surface area contributed by atoms with Crippen molar-refractivity contribution in [3.8, 4) is 11.4 Å². The van der Waals surface area contributed by atoms with Crippen molar-refractivity contribution in [2.75, 3.05) is 11.9 Å². The molecule has 4 aromatic rings. The molecular formula is C21H17N5O4. The van der Waals surface area contributed by atoms with Gasteiger partial charge in [0.05, 0.1) is 10.6 Å². The van der Waals surface area contributed by atoms with Crippen LogP contribution in [0.4, 0.5) is 11.4 Å². The fraction of sp³-hybridized carbons (Fsp3) is 0.0952. The Morgan fingerprint density at radius 1 is 1.07 bits per heavy atom. The van der Waals surface area contributed by atoms with Crippen LogP contribution in [0.2, 0.25) is 0 Å². The normalized spacial score (nSPS) is 10.7. The Hall–Kier alpha value is -4.27. The van der Waals surface area contributed by atoms with Crippen molar-refractivity contribution in [3.63, 3.8) is 0 Å². The van der Waals surface area contributed by atoms with Gasteiger partial charge < -0.3 is 10.1 Å². The van der Waals surface area contributed by atoms with Crippen molar-refractivity contribution in [1.29, 1.82) is 0 Å². The number of anilines is 1. The van der Waals surface area contributed by atoms with E-state index in [-0.39, 0.29) is 18.0 Å². The van der Waals surface area contributed by atoms with Crippen molar-refractivity contribution in [1.82, 2.24) is 15.0 Å². The van der Waals surface area contributed by atoms with Crippen molar-refractivity contribution >= 4 is 28.3 Å². The van der Waals surface area contributed by atoms with Gasteiger partial charge in [-0.2, -0.15) is 4.80 Å². The van der Waals surface area contributed by atoms with Gasteiger partial charge in [0.15, 0.2) is 12.4 Å². The van der Waals surface area contributed by atoms with E-state index in [0.717, 1.165) is 11.3 Å². The summed E-state index contributed by atoms with van der Waals surface area (Å²) in [7, 11) is 0. The predicted molar refractivity (Wildman–Crippen MR) is 111 cm³/mol. The van der Waals surface area contributed by atoms with Gasteiger partial charge >= 0.3 is 5.69 Å². The van der Waals surface area contributed by atoms with Crippen LogP contribution in [-0.4, -0.2) is 32.4 Å². The molecule has 0 spiro atoms. The summed E-state index contributed by atoms with van der Waals surface area (Å²) in [4.78, 5) is 24.4. The quantitative estimate of drug-likeness (QED) is 0.388. The first-order valence-electron chi connectivity index (χ1n) is 9.10. The van der Waals surface area contributed by atoms with Crippen molar-refractivity contribution in [2.45, 2.75) is 6.92 Å². The number of nitro benzene ring substituents is 1. The monoisotopic (exact) mass is 403 g/mol. The zero-order chi connectivity index (χ0) is 21.1. The molecule has 1 N–H and O–H groups in total. The van der Waals surface area contributed by atoms with E-state index in [1.807, 2.05) is 43.3 Å². The number of nitro groups is 1. The fourth-order valence-corrected chi connectivity index (χ4v) is 2.94. The summed E-state index contributed by atoms with van der Waals surface area (Å²) in [6.07, 6.45) is 0. The van der Waals surface area contributed by atoms with Gasteiger partial charge in [0, 0.05) is 11.8 Å². The summed E-state index contributed by atoms with van der Waals surface area (Å²) >= 11 is 0. The predicted octanol–water partition coefficient (Wildman–Crippen LogP) is 3.65. The fourth-order valence-electron chi connectivity index (χ4n) is 2.94. The molecule has 9 heteroatoms. The molecule has 1 amide bonds. The average molecular weight is 403 g/mol. The minimum absolute atomic E-state index is 0.0376. The maximum Gasteiger partial charge on any atom is 0.310 e. The number of ether oxygens (including phenoxy) is 1. The van der Waals surface area contributed by atoms with Crippen LogP contribution in [-0.2, 0) is 4.79 Å². The van der Waals surface area contributed by atoms with Gasteiger partial charge in [-0.05, 0) is 42.8 Å². The number of aromatic nitrogens is 3. The van der Waals surface area contributed by atoms with Crippen LogP contribution < -0.4 is 10.1 Å². The van der Waals surface area contributed by atoms with E-state index in [4.69, 9.17) is 4.74 Å². The number of fused-ring (bicyclic) bond motifs is 1. The van der Waals surface area contributed by atoms with E-state index in [2.05, 4.69) is 15.5 Å². The Balaban J connectivity index is 1.50. The lowest BCUT2D eigenvalue weighted by molar-refractivity contribution is -0.385. The minimum atomic E-state index is -0.554. The maximum absolute atomic E-state index is 12.3.